The summed E-state index contributed by atoms with van der Waals surface area (Å²) in [5, 5.41) is 0.0712. The van der Waals surface area contributed by atoms with Gasteiger partial charge in [0.05, 0.1) is 6.10 Å². The average Bonchev–Trinajstić information content (AvgIpc) is 2.93. The van der Waals surface area contributed by atoms with Gasteiger partial charge in [-0.2, -0.15) is 0 Å². The van der Waals surface area contributed by atoms with E-state index in [-0.39, 0.29) is 29.1 Å². The summed E-state index contributed by atoms with van der Waals surface area (Å²) in [5.74, 6) is -0.530. The smallest absolute Gasteiger partial charge is 0.192 e. The molecule has 0 aromatic carbocycles. The Labute approximate surface area is 158 Å². The molecule has 0 aromatic rings. The minimum atomic E-state index is -2.04. The first kappa shape index (κ1) is 20.4. The molecule has 0 unspecified atom stereocenters. The van der Waals surface area contributed by atoms with Crippen molar-refractivity contribution in [2.24, 2.45) is 0 Å². The Bertz CT molecular complexity index is 541. The van der Waals surface area contributed by atoms with Crippen LogP contribution in [0.1, 0.15) is 53.9 Å². The van der Waals surface area contributed by atoms with Crippen molar-refractivity contribution in [3.8, 4) is 0 Å². The van der Waals surface area contributed by atoms with Crippen molar-refractivity contribution in [2.45, 2.75) is 109 Å². The second-order valence-electron chi connectivity index (χ2n) is 9.65. The molecule has 0 saturated carbocycles. The van der Waals surface area contributed by atoms with Crippen LogP contribution < -0.4 is 0 Å². The van der Waals surface area contributed by atoms with Gasteiger partial charge in [-0.1, -0.05) is 20.8 Å². The fourth-order valence-corrected chi connectivity index (χ4v) is 4.85. The molecule has 0 N–H and O–H groups in total. The molecule has 3 rings (SSSR count). The maximum absolute atomic E-state index is 12.2. The second-order valence-corrected chi connectivity index (χ2v) is 14.4. The number of hydrogen-bond acceptors (Lipinski definition) is 6. The van der Waals surface area contributed by atoms with Crippen molar-refractivity contribution in [3.63, 3.8) is 0 Å². The lowest BCUT2D eigenvalue weighted by Gasteiger charge is -2.41. The van der Waals surface area contributed by atoms with Crippen molar-refractivity contribution in [2.75, 3.05) is 6.61 Å². The zero-order valence-electron chi connectivity index (χ0n) is 17.2. The van der Waals surface area contributed by atoms with Crippen LogP contribution in [0.25, 0.3) is 0 Å². The van der Waals surface area contributed by atoms with Crippen molar-refractivity contribution in [1.29, 1.82) is 0 Å². The van der Waals surface area contributed by atoms with Crippen molar-refractivity contribution in [3.05, 3.63) is 0 Å². The summed E-state index contributed by atoms with van der Waals surface area (Å²) in [7, 11) is -2.04. The number of Topliss-reactive ketones (excluding diaryl/α,β-unsaturated/α-hetero) is 1. The Morgan fingerprint density at radius 2 is 1.92 bits per heavy atom. The van der Waals surface area contributed by atoms with E-state index >= 15 is 0 Å². The Hall–Kier alpha value is -0.313. The van der Waals surface area contributed by atoms with E-state index in [1.807, 2.05) is 13.8 Å². The summed E-state index contributed by atoms with van der Waals surface area (Å²) < 4.78 is 30.6. The molecule has 6 nitrogen and oxygen atoms in total. The normalized spacial score (nSPS) is 37.8. The molecule has 0 radical (unpaired) electrons. The van der Waals surface area contributed by atoms with Gasteiger partial charge < -0.3 is 23.4 Å². The van der Waals surface area contributed by atoms with Crippen LogP contribution in [0.15, 0.2) is 0 Å². The summed E-state index contributed by atoms with van der Waals surface area (Å²) in [4.78, 5) is 12.2. The quantitative estimate of drug-likeness (QED) is 0.690. The van der Waals surface area contributed by atoms with Crippen molar-refractivity contribution >= 4 is 14.1 Å². The molecule has 3 fully saturated rings. The number of ketones is 1. The molecule has 150 valence electrons. The number of carbonyl (C=O) groups is 1. The standard InChI is InChI=1S/C19H34O6Si/c1-18(2,3)26(6,7)25-15-14(11-13-12(20)9-8-10-21-13)22-17-16(15)23-19(4,5)24-17/h13-17H,8-11H2,1-7H3/t13-,14-,15+,16-,17-/m1/s1. The Morgan fingerprint density at radius 3 is 2.54 bits per heavy atom. The SMILES string of the molecule is CC1(C)O[C@H]2O[C@H](C[C@H]3OCCCC3=O)[C@H](O[Si](C)(C)C(C)(C)C)[C@H]2O1. The summed E-state index contributed by atoms with van der Waals surface area (Å²) in [6.07, 6.45) is 0.229. The molecule has 26 heavy (non-hydrogen) atoms. The first-order chi connectivity index (χ1) is 11.9. The first-order valence-corrected chi connectivity index (χ1v) is 12.6. The lowest BCUT2D eigenvalue weighted by Crippen LogP contribution is -2.50. The highest BCUT2D eigenvalue weighted by Gasteiger charge is 2.57. The monoisotopic (exact) mass is 386 g/mol. The van der Waals surface area contributed by atoms with Crippen LogP contribution in [0, 0.1) is 0 Å². The van der Waals surface area contributed by atoms with Crippen molar-refractivity contribution in [1.82, 2.24) is 0 Å². The van der Waals surface area contributed by atoms with E-state index in [1.165, 1.54) is 0 Å². The van der Waals surface area contributed by atoms with Crippen LogP contribution in [0.4, 0.5) is 0 Å². The van der Waals surface area contributed by atoms with Crippen LogP contribution in [0.5, 0.6) is 0 Å². The highest BCUT2D eigenvalue weighted by Crippen LogP contribution is 2.44. The zero-order valence-corrected chi connectivity index (χ0v) is 18.2. The fourth-order valence-electron chi connectivity index (χ4n) is 3.53. The van der Waals surface area contributed by atoms with Crippen LogP contribution in [-0.4, -0.2) is 57.2 Å². The van der Waals surface area contributed by atoms with Gasteiger partial charge in [-0.15, -0.1) is 0 Å². The highest BCUT2D eigenvalue weighted by molar-refractivity contribution is 6.74. The third-order valence-corrected chi connectivity index (χ3v) is 10.5. The Kier molecular flexibility index (Phi) is 5.45. The largest absolute Gasteiger partial charge is 0.408 e. The Morgan fingerprint density at radius 1 is 1.23 bits per heavy atom. The van der Waals surface area contributed by atoms with E-state index in [0.29, 0.717) is 19.4 Å². The fraction of sp³-hybridized carbons (Fsp3) is 0.947. The molecular formula is C19H34O6Si. The minimum Gasteiger partial charge on any atom is -0.408 e. The minimum absolute atomic E-state index is 0.0712. The topological polar surface area (TPSA) is 63.2 Å². The van der Waals surface area contributed by atoms with E-state index in [4.69, 9.17) is 23.4 Å². The summed E-state index contributed by atoms with van der Waals surface area (Å²) in [6, 6.07) is 0. The molecule has 0 aromatic heterocycles. The number of ether oxygens (including phenoxy) is 4. The maximum Gasteiger partial charge on any atom is 0.192 e. The number of fused-ring (bicyclic) bond motifs is 1. The zero-order chi connectivity index (χ0) is 19.3. The average molecular weight is 387 g/mol. The van der Waals surface area contributed by atoms with Gasteiger partial charge in [-0.3, -0.25) is 4.79 Å². The molecule has 0 aliphatic carbocycles. The lowest BCUT2D eigenvalue weighted by molar-refractivity contribution is -0.217. The summed E-state index contributed by atoms with van der Waals surface area (Å²) in [6.45, 7) is 15.5. The van der Waals surface area contributed by atoms with Gasteiger partial charge in [0, 0.05) is 19.4 Å². The highest BCUT2D eigenvalue weighted by atomic mass is 28.4. The van der Waals surface area contributed by atoms with Crippen molar-refractivity contribution < 1.29 is 28.2 Å². The summed E-state index contributed by atoms with van der Waals surface area (Å²) in [5.41, 5.74) is 0. The van der Waals surface area contributed by atoms with Crippen LogP contribution in [0.3, 0.4) is 0 Å². The third kappa shape index (κ3) is 4.08. The number of hydrogen-bond donors (Lipinski definition) is 0. The van der Waals surface area contributed by atoms with Gasteiger partial charge in [0.1, 0.15) is 18.3 Å². The van der Waals surface area contributed by atoms with Crippen LogP contribution >= 0.6 is 0 Å². The maximum atomic E-state index is 12.2. The molecule has 5 atom stereocenters. The molecule has 3 aliphatic rings. The van der Waals surface area contributed by atoms with Gasteiger partial charge in [-0.05, 0) is 38.4 Å². The van der Waals surface area contributed by atoms with Gasteiger partial charge in [0.25, 0.3) is 0 Å². The Balaban J connectivity index is 1.78. The predicted molar refractivity (Wildman–Crippen MR) is 99.4 cm³/mol. The molecule has 0 spiro atoms. The van der Waals surface area contributed by atoms with Gasteiger partial charge in [-0.25, -0.2) is 0 Å². The van der Waals surface area contributed by atoms with Crippen LogP contribution in [-0.2, 0) is 28.2 Å². The molecule has 3 heterocycles. The van der Waals surface area contributed by atoms with E-state index in [9.17, 15) is 4.79 Å². The van der Waals surface area contributed by atoms with E-state index in [0.717, 1.165) is 6.42 Å². The third-order valence-electron chi connectivity index (χ3n) is 6.02. The van der Waals surface area contributed by atoms with Gasteiger partial charge in [0.2, 0.25) is 0 Å². The van der Waals surface area contributed by atoms with Gasteiger partial charge in [0.15, 0.2) is 26.2 Å². The molecule has 7 heteroatoms. The molecule has 3 saturated heterocycles. The second kappa shape index (κ2) is 6.94. The first-order valence-electron chi connectivity index (χ1n) is 9.73. The van der Waals surface area contributed by atoms with E-state index in [2.05, 4.69) is 33.9 Å². The van der Waals surface area contributed by atoms with E-state index in [1.54, 1.807) is 0 Å². The number of rotatable bonds is 4. The van der Waals surface area contributed by atoms with E-state index < -0.39 is 26.5 Å². The molecular weight excluding hydrogens is 352 g/mol. The molecule has 0 bridgehead atoms. The molecule has 0 amide bonds. The summed E-state index contributed by atoms with van der Waals surface area (Å²) >= 11 is 0. The predicted octanol–water partition coefficient (Wildman–Crippen LogP) is 3.39. The van der Waals surface area contributed by atoms with Gasteiger partial charge >= 0.3 is 0 Å². The lowest BCUT2D eigenvalue weighted by atomic mass is 9.98. The number of carbonyl (C=O) groups excluding carboxylic acids is 1. The molecule has 3 aliphatic heterocycles. The van der Waals surface area contributed by atoms with Crippen LogP contribution in [0.2, 0.25) is 18.1 Å².